The number of carboxylic acid groups (broad SMARTS) is 1. The van der Waals surface area contributed by atoms with Crippen LogP contribution < -0.4 is 10.5 Å². The molecule has 0 fully saturated rings. The van der Waals surface area contributed by atoms with Crippen molar-refractivity contribution in [3.05, 3.63) is 113 Å². The van der Waals surface area contributed by atoms with Crippen molar-refractivity contribution in [2.24, 2.45) is 5.73 Å². The third-order valence-corrected chi connectivity index (χ3v) is 6.21. The molecule has 0 aliphatic rings. The van der Waals surface area contributed by atoms with Crippen molar-refractivity contribution in [3.63, 3.8) is 0 Å². The first-order valence-corrected chi connectivity index (χ1v) is 11.7. The summed E-state index contributed by atoms with van der Waals surface area (Å²) in [6.45, 7) is 1.44. The minimum atomic E-state index is -0.978. The van der Waals surface area contributed by atoms with Gasteiger partial charge in [-0.2, -0.15) is 0 Å². The van der Waals surface area contributed by atoms with Crippen molar-refractivity contribution in [1.29, 1.82) is 0 Å². The van der Waals surface area contributed by atoms with Crippen molar-refractivity contribution < 1.29 is 28.2 Å². The second-order valence-corrected chi connectivity index (χ2v) is 8.56. The molecule has 0 aliphatic heterocycles. The van der Waals surface area contributed by atoms with Gasteiger partial charge in [-0.1, -0.05) is 60.7 Å². The maximum atomic E-state index is 14.4. The van der Waals surface area contributed by atoms with Crippen LogP contribution in [0, 0.1) is 18.6 Å². The highest BCUT2D eigenvalue weighted by molar-refractivity contribution is 6.02. The van der Waals surface area contributed by atoms with E-state index in [4.69, 9.17) is 10.5 Å². The number of carboxylic acids is 1. The van der Waals surface area contributed by atoms with Crippen molar-refractivity contribution >= 4 is 11.9 Å². The average molecular weight is 502 g/mol. The molecule has 7 heteroatoms. The Kier molecular flexibility index (Phi) is 7.63. The number of primary amides is 1. The summed E-state index contributed by atoms with van der Waals surface area (Å²) in [5.41, 5.74) is 10.5. The van der Waals surface area contributed by atoms with Crippen LogP contribution in [-0.4, -0.2) is 17.0 Å². The molecule has 5 nitrogen and oxygen atoms in total. The number of halogens is 2. The van der Waals surface area contributed by atoms with Crippen LogP contribution in [0.4, 0.5) is 8.78 Å². The molecule has 37 heavy (non-hydrogen) atoms. The number of rotatable bonds is 9. The zero-order valence-corrected chi connectivity index (χ0v) is 20.1. The summed E-state index contributed by atoms with van der Waals surface area (Å²) in [5, 5.41) is 9.43. The minimum Gasteiger partial charge on any atom is -0.486 e. The number of hydrogen-bond donors (Lipinski definition) is 2. The van der Waals surface area contributed by atoms with Gasteiger partial charge in [0.25, 0.3) is 0 Å². The van der Waals surface area contributed by atoms with Gasteiger partial charge in [-0.3, -0.25) is 9.59 Å². The van der Waals surface area contributed by atoms with Gasteiger partial charge >= 0.3 is 5.97 Å². The summed E-state index contributed by atoms with van der Waals surface area (Å²) in [6, 6.07) is 21.5. The zero-order valence-electron chi connectivity index (χ0n) is 20.1. The normalized spacial score (nSPS) is 10.8. The molecule has 0 aromatic heterocycles. The SMILES string of the molecule is Cc1c(CCC(=O)O)c(-c2ccccc2)c(-c2ccccc2)c(COc2cc(F)ccc2F)c1C(N)=O. The van der Waals surface area contributed by atoms with Crippen LogP contribution in [0.15, 0.2) is 78.9 Å². The molecule has 0 unspecified atom stereocenters. The fraction of sp³-hybridized carbons (Fsp3) is 0.133. The van der Waals surface area contributed by atoms with Crippen LogP contribution >= 0.6 is 0 Å². The fourth-order valence-electron chi connectivity index (χ4n) is 4.60. The lowest BCUT2D eigenvalue weighted by Crippen LogP contribution is -2.20. The lowest BCUT2D eigenvalue weighted by Gasteiger charge is -2.25. The van der Waals surface area contributed by atoms with Crippen molar-refractivity contribution in [1.82, 2.24) is 0 Å². The standard InChI is InChI=1S/C30H25F2NO4/c1-18-22(13-15-26(34)35)28(19-8-4-2-5-9-19)29(20-10-6-3-7-11-20)23(27(18)30(33)36)17-37-25-16-21(31)12-14-24(25)32/h2-12,14,16H,13,15,17H2,1H3,(H2,33,36)(H,34,35). The highest BCUT2D eigenvalue weighted by Crippen LogP contribution is 2.42. The van der Waals surface area contributed by atoms with Crippen LogP contribution in [0.3, 0.4) is 0 Å². The number of amides is 1. The van der Waals surface area contributed by atoms with E-state index in [-0.39, 0.29) is 30.8 Å². The van der Waals surface area contributed by atoms with Gasteiger partial charge in [-0.15, -0.1) is 0 Å². The molecule has 0 atom stereocenters. The van der Waals surface area contributed by atoms with Gasteiger partial charge in [0.15, 0.2) is 11.6 Å². The second-order valence-electron chi connectivity index (χ2n) is 8.56. The summed E-state index contributed by atoms with van der Waals surface area (Å²) >= 11 is 0. The maximum absolute atomic E-state index is 14.4. The molecule has 0 heterocycles. The van der Waals surface area contributed by atoms with E-state index in [2.05, 4.69) is 0 Å². The maximum Gasteiger partial charge on any atom is 0.303 e. The summed E-state index contributed by atoms with van der Waals surface area (Å²) in [6.07, 6.45) is 0.00260. The Balaban J connectivity index is 2.05. The van der Waals surface area contributed by atoms with Crippen molar-refractivity contribution in [2.75, 3.05) is 0 Å². The molecule has 0 saturated carbocycles. The van der Waals surface area contributed by atoms with E-state index >= 15 is 0 Å². The van der Waals surface area contributed by atoms with E-state index in [1.54, 1.807) is 6.92 Å². The molecular weight excluding hydrogens is 476 g/mol. The Morgan fingerprint density at radius 2 is 1.43 bits per heavy atom. The van der Waals surface area contributed by atoms with E-state index in [1.165, 1.54) is 0 Å². The lowest BCUT2D eigenvalue weighted by molar-refractivity contribution is -0.136. The molecule has 0 radical (unpaired) electrons. The topological polar surface area (TPSA) is 89.6 Å². The number of aliphatic carboxylic acids is 1. The molecule has 0 aliphatic carbocycles. The van der Waals surface area contributed by atoms with Gasteiger partial charge in [0, 0.05) is 23.6 Å². The number of carbonyl (C=O) groups is 2. The van der Waals surface area contributed by atoms with Crippen LogP contribution in [0.25, 0.3) is 22.3 Å². The fourth-order valence-corrected chi connectivity index (χ4v) is 4.60. The number of hydrogen-bond acceptors (Lipinski definition) is 3. The van der Waals surface area contributed by atoms with Gasteiger partial charge in [0.05, 0.1) is 0 Å². The molecule has 1 amide bonds. The number of carbonyl (C=O) groups excluding carboxylic acids is 1. The average Bonchev–Trinajstić information content (AvgIpc) is 2.88. The summed E-state index contributed by atoms with van der Waals surface area (Å²) in [5.74, 6) is -3.43. The Morgan fingerprint density at radius 1 is 0.865 bits per heavy atom. The first-order valence-electron chi connectivity index (χ1n) is 11.7. The molecule has 0 saturated heterocycles. The molecule has 0 spiro atoms. The monoisotopic (exact) mass is 501 g/mol. The van der Waals surface area contributed by atoms with Gasteiger partial charge in [0.1, 0.15) is 12.4 Å². The third kappa shape index (κ3) is 5.51. The molecule has 0 bridgehead atoms. The quantitative estimate of drug-likeness (QED) is 0.282. The van der Waals surface area contributed by atoms with E-state index in [0.717, 1.165) is 34.9 Å². The van der Waals surface area contributed by atoms with Gasteiger partial charge in [0.2, 0.25) is 5.91 Å². The molecule has 4 rings (SSSR count). The number of ether oxygens (including phenoxy) is 1. The predicted molar refractivity (Wildman–Crippen MR) is 137 cm³/mol. The van der Waals surface area contributed by atoms with Crippen LogP contribution in [0.5, 0.6) is 5.75 Å². The van der Waals surface area contributed by atoms with Crippen molar-refractivity contribution in [3.8, 4) is 28.0 Å². The summed E-state index contributed by atoms with van der Waals surface area (Å²) in [4.78, 5) is 24.3. The Labute approximate surface area is 213 Å². The van der Waals surface area contributed by atoms with E-state index < -0.39 is 23.5 Å². The van der Waals surface area contributed by atoms with Gasteiger partial charge in [-0.25, -0.2) is 8.78 Å². The first kappa shape index (κ1) is 25.6. The van der Waals surface area contributed by atoms with Crippen LogP contribution in [0.2, 0.25) is 0 Å². The summed E-state index contributed by atoms with van der Waals surface area (Å²) < 4.78 is 33.9. The molecule has 4 aromatic carbocycles. The van der Waals surface area contributed by atoms with E-state index in [1.807, 2.05) is 60.7 Å². The molecule has 3 N–H and O–H groups in total. The zero-order chi connectivity index (χ0) is 26.5. The highest BCUT2D eigenvalue weighted by Gasteiger charge is 2.27. The second kappa shape index (κ2) is 11.0. The highest BCUT2D eigenvalue weighted by atomic mass is 19.1. The number of benzene rings is 4. The lowest BCUT2D eigenvalue weighted by atomic mass is 9.80. The third-order valence-electron chi connectivity index (χ3n) is 6.21. The predicted octanol–water partition coefficient (Wildman–Crippen LogP) is 6.30. The first-order chi connectivity index (χ1) is 17.8. The Bertz CT molecular complexity index is 1450. The van der Waals surface area contributed by atoms with Crippen molar-refractivity contribution in [2.45, 2.75) is 26.4 Å². The van der Waals surface area contributed by atoms with E-state index in [9.17, 15) is 23.5 Å². The van der Waals surface area contributed by atoms with Crippen LogP contribution in [-0.2, 0) is 17.8 Å². The Morgan fingerprint density at radius 3 is 1.97 bits per heavy atom. The largest absolute Gasteiger partial charge is 0.486 e. The molecular formula is C30H25F2NO4. The minimum absolute atomic E-state index is 0.155. The number of nitrogens with two attached hydrogens (primary N) is 1. The molecule has 188 valence electrons. The van der Waals surface area contributed by atoms with Gasteiger partial charge < -0.3 is 15.6 Å². The molecule has 4 aromatic rings. The Hall–Kier alpha value is -4.52. The van der Waals surface area contributed by atoms with Gasteiger partial charge in [-0.05, 0) is 58.9 Å². The van der Waals surface area contributed by atoms with E-state index in [0.29, 0.717) is 22.3 Å². The smallest absolute Gasteiger partial charge is 0.303 e. The van der Waals surface area contributed by atoms with Crippen LogP contribution in [0.1, 0.15) is 33.5 Å². The summed E-state index contributed by atoms with van der Waals surface area (Å²) in [7, 11) is 0.